The number of aldehydes is 1. The molecule has 0 fully saturated rings. The third kappa shape index (κ3) is 11.8. The Bertz CT molecular complexity index is 1300. The molecule has 42 heavy (non-hydrogen) atoms. The van der Waals surface area contributed by atoms with E-state index in [4.69, 9.17) is 0 Å². The zero-order valence-corrected chi connectivity index (χ0v) is 24.9. The third-order valence-corrected chi connectivity index (χ3v) is 6.90. The van der Waals surface area contributed by atoms with Crippen molar-refractivity contribution in [3.8, 4) is 0 Å². The molecule has 6 nitrogen and oxygen atoms in total. The molecule has 220 valence electrons. The Labute approximate surface area is 251 Å². The zero-order valence-electron chi connectivity index (χ0n) is 24.9. The van der Waals surface area contributed by atoms with Gasteiger partial charge in [-0.2, -0.15) is 0 Å². The number of pyridine rings is 1. The summed E-state index contributed by atoms with van der Waals surface area (Å²) in [6.45, 7) is 4.29. The number of aryl methyl sites for hydroxylation is 1. The number of amides is 1. The molecule has 2 aliphatic carbocycles. The minimum atomic E-state index is -0.126. The van der Waals surface area contributed by atoms with Crippen molar-refractivity contribution < 1.29 is 9.59 Å². The lowest BCUT2D eigenvalue weighted by Gasteiger charge is -2.19. The van der Waals surface area contributed by atoms with Gasteiger partial charge in [0.25, 0.3) is 5.91 Å². The first kappa shape index (κ1) is 32.4. The van der Waals surface area contributed by atoms with E-state index in [9.17, 15) is 9.59 Å². The van der Waals surface area contributed by atoms with Crippen LogP contribution in [0.2, 0.25) is 0 Å². The second kappa shape index (κ2) is 19.1. The van der Waals surface area contributed by atoms with Gasteiger partial charge in [0.05, 0.1) is 0 Å². The largest absolute Gasteiger partial charge is 0.322 e. The number of hydrogen-bond acceptors (Lipinski definition) is 5. The SMILES string of the molecule is CNCCCNC1CC=CCC1.Cc1cccnc1.O=Cc1ccc(NC(=O)C2=CCCC=C2c2ccccc2)cc1. The average molecular weight is 565 g/mol. The number of benzene rings is 2. The maximum atomic E-state index is 12.6. The van der Waals surface area contributed by atoms with Gasteiger partial charge in [0, 0.05) is 35.3 Å². The van der Waals surface area contributed by atoms with Gasteiger partial charge in [0.1, 0.15) is 6.29 Å². The van der Waals surface area contributed by atoms with E-state index in [1.807, 2.05) is 68.7 Å². The Morgan fingerprint density at radius 1 is 0.929 bits per heavy atom. The van der Waals surface area contributed by atoms with Crippen molar-refractivity contribution in [3.05, 3.63) is 126 Å². The summed E-state index contributed by atoms with van der Waals surface area (Å²) in [5.41, 5.74) is 5.19. The highest BCUT2D eigenvalue weighted by Gasteiger charge is 2.18. The number of aromatic nitrogens is 1. The van der Waals surface area contributed by atoms with Gasteiger partial charge in [0.2, 0.25) is 0 Å². The van der Waals surface area contributed by atoms with Crippen molar-refractivity contribution in [2.75, 3.05) is 25.5 Å². The maximum absolute atomic E-state index is 12.6. The van der Waals surface area contributed by atoms with E-state index in [0.29, 0.717) is 16.8 Å². The number of rotatable bonds is 9. The highest BCUT2D eigenvalue weighted by atomic mass is 16.1. The van der Waals surface area contributed by atoms with Gasteiger partial charge in [-0.05, 0) is 113 Å². The van der Waals surface area contributed by atoms with Crippen LogP contribution in [0, 0.1) is 6.92 Å². The van der Waals surface area contributed by atoms with Crippen molar-refractivity contribution in [2.24, 2.45) is 0 Å². The predicted octanol–water partition coefficient (Wildman–Crippen LogP) is 6.93. The average Bonchev–Trinajstić information content (AvgIpc) is 3.05. The second-order valence-electron chi connectivity index (χ2n) is 10.3. The number of carbonyl (C=O) groups is 2. The highest BCUT2D eigenvalue weighted by molar-refractivity contribution is 6.15. The Balaban J connectivity index is 0.000000211. The molecule has 0 bridgehead atoms. The molecule has 1 aromatic heterocycles. The van der Waals surface area contributed by atoms with Gasteiger partial charge < -0.3 is 16.0 Å². The van der Waals surface area contributed by atoms with Crippen LogP contribution in [0.15, 0.2) is 109 Å². The van der Waals surface area contributed by atoms with Crippen LogP contribution in [0.5, 0.6) is 0 Å². The van der Waals surface area contributed by atoms with E-state index in [2.05, 4.69) is 39.2 Å². The molecule has 2 aromatic carbocycles. The van der Waals surface area contributed by atoms with E-state index in [-0.39, 0.29) is 5.91 Å². The number of allylic oxidation sites excluding steroid dienone is 3. The Kier molecular flexibility index (Phi) is 14.7. The summed E-state index contributed by atoms with van der Waals surface area (Å²) in [6.07, 6.45) is 19.9. The first-order valence-corrected chi connectivity index (χ1v) is 14.8. The molecular weight excluding hydrogens is 520 g/mol. The Hall–Kier alpha value is -4.13. The van der Waals surface area contributed by atoms with E-state index in [1.165, 1.54) is 31.2 Å². The smallest absolute Gasteiger partial charge is 0.255 e. The third-order valence-electron chi connectivity index (χ3n) is 6.90. The molecule has 0 saturated carbocycles. The first-order valence-electron chi connectivity index (χ1n) is 14.8. The predicted molar refractivity (Wildman–Crippen MR) is 174 cm³/mol. The minimum absolute atomic E-state index is 0.126. The van der Waals surface area contributed by atoms with Crippen LogP contribution >= 0.6 is 0 Å². The van der Waals surface area contributed by atoms with Crippen LogP contribution in [0.3, 0.4) is 0 Å². The molecule has 1 unspecified atom stereocenters. The zero-order chi connectivity index (χ0) is 29.8. The summed E-state index contributed by atoms with van der Waals surface area (Å²) in [5.74, 6) is -0.126. The van der Waals surface area contributed by atoms with E-state index >= 15 is 0 Å². The number of hydrogen-bond donors (Lipinski definition) is 3. The van der Waals surface area contributed by atoms with Crippen molar-refractivity contribution >= 4 is 23.5 Å². The normalized spacial score (nSPS) is 15.5. The van der Waals surface area contributed by atoms with Crippen molar-refractivity contribution in [1.29, 1.82) is 0 Å². The molecule has 6 heteroatoms. The minimum Gasteiger partial charge on any atom is -0.322 e. The summed E-state index contributed by atoms with van der Waals surface area (Å²) in [4.78, 5) is 27.2. The molecule has 3 N–H and O–H groups in total. The maximum Gasteiger partial charge on any atom is 0.255 e. The van der Waals surface area contributed by atoms with Crippen LogP contribution in [-0.2, 0) is 4.79 Å². The van der Waals surface area contributed by atoms with Gasteiger partial charge in [0.15, 0.2) is 0 Å². The lowest BCUT2D eigenvalue weighted by Crippen LogP contribution is -2.31. The molecule has 0 saturated heterocycles. The van der Waals surface area contributed by atoms with Crippen LogP contribution in [0.4, 0.5) is 5.69 Å². The van der Waals surface area contributed by atoms with Gasteiger partial charge in [-0.15, -0.1) is 0 Å². The fourth-order valence-corrected chi connectivity index (χ4v) is 4.62. The molecule has 0 spiro atoms. The molecule has 5 rings (SSSR count). The van der Waals surface area contributed by atoms with E-state index in [0.717, 1.165) is 49.4 Å². The summed E-state index contributed by atoms with van der Waals surface area (Å²) in [7, 11) is 2.00. The summed E-state index contributed by atoms with van der Waals surface area (Å²) >= 11 is 0. The van der Waals surface area contributed by atoms with Crippen molar-refractivity contribution in [3.63, 3.8) is 0 Å². The molecular formula is C36H44N4O2. The monoisotopic (exact) mass is 564 g/mol. The molecule has 0 aliphatic heterocycles. The molecule has 2 aliphatic rings. The molecule has 1 amide bonds. The van der Waals surface area contributed by atoms with Gasteiger partial charge in [-0.3, -0.25) is 14.6 Å². The number of nitrogens with one attached hydrogen (secondary N) is 3. The Morgan fingerprint density at radius 2 is 1.71 bits per heavy atom. The molecule has 3 aromatic rings. The van der Waals surface area contributed by atoms with Crippen LogP contribution in [-0.4, -0.2) is 43.4 Å². The van der Waals surface area contributed by atoms with Crippen LogP contribution in [0.1, 0.15) is 60.0 Å². The lowest BCUT2D eigenvalue weighted by atomic mass is 9.91. The standard InChI is InChI=1S/C20H17NO2.C10H20N2.C6H7N/c22-14-15-10-12-17(13-11-15)21-20(23)19-9-5-4-8-18(19)16-6-2-1-3-7-16;1-11-8-5-9-12-10-6-3-2-4-7-10;1-6-3-2-4-7-5-6/h1-3,6-14H,4-5H2,(H,21,23);2-3,10-12H,4-9H2,1H3;2-5H,1H3. The summed E-state index contributed by atoms with van der Waals surface area (Å²) in [5, 5.41) is 9.62. The summed E-state index contributed by atoms with van der Waals surface area (Å²) in [6, 6.07) is 21.5. The van der Waals surface area contributed by atoms with Crippen LogP contribution in [0.25, 0.3) is 5.57 Å². The molecule has 1 atom stereocenters. The lowest BCUT2D eigenvalue weighted by molar-refractivity contribution is -0.112. The molecule has 0 radical (unpaired) electrons. The number of nitrogens with zero attached hydrogens (tertiary/aromatic N) is 1. The fraction of sp³-hybridized carbons (Fsp3) is 0.306. The molecule has 1 heterocycles. The van der Waals surface area contributed by atoms with Crippen LogP contribution < -0.4 is 16.0 Å². The topological polar surface area (TPSA) is 83.1 Å². The van der Waals surface area contributed by atoms with Gasteiger partial charge in [-0.1, -0.05) is 60.7 Å². The van der Waals surface area contributed by atoms with Crippen molar-refractivity contribution in [1.82, 2.24) is 15.6 Å². The van der Waals surface area contributed by atoms with Gasteiger partial charge in [-0.25, -0.2) is 0 Å². The van der Waals surface area contributed by atoms with E-state index in [1.54, 1.807) is 30.5 Å². The fourth-order valence-electron chi connectivity index (χ4n) is 4.62. The Morgan fingerprint density at radius 3 is 2.33 bits per heavy atom. The van der Waals surface area contributed by atoms with Gasteiger partial charge >= 0.3 is 0 Å². The van der Waals surface area contributed by atoms with E-state index < -0.39 is 0 Å². The highest BCUT2D eigenvalue weighted by Crippen LogP contribution is 2.29. The quantitative estimate of drug-likeness (QED) is 0.149. The number of carbonyl (C=O) groups excluding carboxylic acids is 2. The van der Waals surface area contributed by atoms with Crippen molar-refractivity contribution in [2.45, 2.75) is 51.5 Å². The summed E-state index contributed by atoms with van der Waals surface area (Å²) < 4.78 is 0. The first-order chi connectivity index (χ1) is 20.6. The second-order valence-corrected chi connectivity index (χ2v) is 10.3. The number of anilines is 1.